The van der Waals surface area contributed by atoms with Crippen LogP contribution >= 0.6 is 0 Å². The topological polar surface area (TPSA) is 123 Å². The molecule has 1 aliphatic rings. The van der Waals surface area contributed by atoms with Crippen LogP contribution in [0.1, 0.15) is 0 Å². The average Bonchev–Trinajstić information content (AvgIpc) is 2.53. The quantitative estimate of drug-likeness (QED) is 0.400. The minimum Gasteiger partial charge on any atom is -0.377 e. The van der Waals surface area contributed by atoms with Crippen molar-refractivity contribution in [1.29, 1.82) is 0 Å². The normalized spacial score (nSPS) is 18.2. The zero-order valence-corrected chi connectivity index (χ0v) is 11.5. The molecule has 0 aromatic heterocycles. The second kappa shape index (κ2) is 6.37. The molecular weight excluding hydrogens is 278 g/mol. The van der Waals surface area contributed by atoms with E-state index in [2.05, 4.69) is 10.7 Å². The summed E-state index contributed by atoms with van der Waals surface area (Å²) < 4.78 is 5.31. The van der Waals surface area contributed by atoms with Crippen molar-refractivity contribution in [2.45, 2.75) is 6.04 Å². The lowest BCUT2D eigenvalue weighted by molar-refractivity contribution is -0.384. The number of carbonyl (C=O) groups is 1. The Kier molecular flexibility index (Phi) is 4.55. The summed E-state index contributed by atoms with van der Waals surface area (Å²) in [5, 5.41) is 13.6. The van der Waals surface area contributed by atoms with Gasteiger partial charge in [-0.05, 0) is 6.07 Å². The molecule has 1 aromatic rings. The number of hydrogen-bond donors (Lipinski definition) is 3. The van der Waals surface area contributed by atoms with Crippen molar-refractivity contribution in [3.8, 4) is 0 Å². The molecule has 21 heavy (non-hydrogen) atoms. The first-order chi connectivity index (χ1) is 10.1. The molecule has 9 heteroatoms. The number of benzene rings is 1. The molecule has 0 bridgehead atoms. The number of hydrazine groups is 1. The number of anilines is 2. The predicted octanol–water partition coefficient (Wildman–Crippen LogP) is -0.168. The van der Waals surface area contributed by atoms with Gasteiger partial charge in [0.15, 0.2) is 0 Å². The van der Waals surface area contributed by atoms with Crippen LogP contribution in [0.15, 0.2) is 18.2 Å². The molecule has 1 aromatic carbocycles. The number of ether oxygens (including phenoxy) is 1. The lowest BCUT2D eigenvalue weighted by Crippen LogP contribution is -2.53. The summed E-state index contributed by atoms with van der Waals surface area (Å²) in [4.78, 5) is 24.2. The number of likely N-dealkylation sites (N-methyl/N-ethyl adjacent to an activating group) is 1. The van der Waals surface area contributed by atoms with E-state index in [-0.39, 0.29) is 18.2 Å². The minimum absolute atomic E-state index is 0.0948. The van der Waals surface area contributed by atoms with Gasteiger partial charge in [-0.15, -0.1) is 0 Å². The summed E-state index contributed by atoms with van der Waals surface area (Å²) in [7, 11) is 1.54. The molecule has 0 aliphatic carbocycles. The molecule has 1 atom stereocenters. The van der Waals surface area contributed by atoms with Gasteiger partial charge in [0.1, 0.15) is 6.04 Å². The standard InChI is InChI=1S/C12H17N5O4/c1-14-12(18)11-7-21-3-2-16(11)9-4-8(15-13)5-10(6-9)17(19)20/h4-6,11,15H,2-3,7,13H2,1H3,(H,14,18). The van der Waals surface area contributed by atoms with E-state index in [1.807, 2.05) is 0 Å². The van der Waals surface area contributed by atoms with Gasteiger partial charge in [0.25, 0.3) is 5.69 Å². The van der Waals surface area contributed by atoms with Crippen LogP contribution in [-0.4, -0.2) is 43.7 Å². The summed E-state index contributed by atoms with van der Waals surface area (Å²) in [6, 6.07) is 3.88. The van der Waals surface area contributed by atoms with Crippen molar-refractivity contribution in [1.82, 2.24) is 5.32 Å². The van der Waals surface area contributed by atoms with E-state index in [1.165, 1.54) is 19.2 Å². The van der Waals surface area contributed by atoms with Crippen LogP contribution < -0.4 is 21.5 Å². The number of nitrogens with two attached hydrogens (primary N) is 1. The molecule has 1 unspecified atom stereocenters. The third-order valence-electron chi connectivity index (χ3n) is 3.29. The zero-order valence-electron chi connectivity index (χ0n) is 11.5. The highest BCUT2D eigenvalue weighted by atomic mass is 16.6. The summed E-state index contributed by atoms with van der Waals surface area (Å²) in [5.74, 6) is 5.14. The lowest BCUT2D eigenvalue weighted by atomic mass is 10.1. The van der Waals surface area contributed by atoms with Crippen molar-refractivity contribution in [2.24, 2.45) is 5.84 Å². The number of nitro benzene ring substituents is 1. The second-order valence-corrected chi connectivity index (χ2v) is 4.54. The molecule has 1 heterocycles. The predicted molar refractivity (Wildman–Crippen MR) is 76.9 cm³/mol. The van der Waals surface area contributed by atoms with Gasteiger partial charge in [-0.3, -0.25) is 20.8 Å². The molecule has 9 nitrogen and oxygen atoms in total. The van der Waals surface area contributed by atoms with Crippen molar-refractivity contribution < 1.29 is 14.5 Å². The highest BCUT2D eigenvalue weighted by Gasteiger charge is 2.30. The Balaban J connectivity index is 2.39. The van der Waals surface area contributed by atoms with Crippen LogP contribution in [0.3, 0.4) is 0 Å². The number of carbonyl (C=O) groups excluding carboxylic acids is 1. The second-order valence-electron chi connectivity index (χ2n) is 4.54. The first-order valence-corrected chi connectivity index (χ1v) is 6.39. The molecule has 1 aliphatic heterocycles. The number of amides is 1. The summed E-state index contributed by atoms with van der Waals surface area (Å²) in [6.45, 7) is 1.14. The van der Waals surface area contributed by atoms with E-state index >= 15 is 0 Å². The number of rotatable bonds is 4. The van der Waals surface area contributed by atoms with E-state index < -0.39 is 11.0 Å². The molecular formula is C12H17N5O4. The zero-order chi connectivity index (χ0) is 15.4. The van der Waals surface area contributed by atoms with Crippen LogP contribution in [0, 0.1) is 10.1 Å². The third-order valence-corrected chi connectivity index (χ3v) is 3.29. The molecule has 2 rings (SSSR count). The van der Waals surface area contributed by atoms with E-state index in [0.717, 1.165) is 0 Å². The van der Waals surface area contributed by atoms with Crippen molar-refractivity contribution >= 4 is 23.0 Å². The van der Waals surface area contributed by atoms with Crippen molar-refractivity contribution in [3.05, 3.63) is 28.3 Å². The maximum Gasteiger partial charge on any atom is 0.273 e. The van der Waals surface area contributed by atoms with Crippen molar-refractivity contribution in [3.63, 3.8) is 0 Å². The SMILES string of the molecule is CNC(=O)C1COCCN1c1cc(NN)cc([N+](=O)[O-])c1. The Morgan fingerprint density at radius 2 is 2.29 bits per heavy atom. The fraction of sp³-hybridized carbons (Fsp3) is 0.417. The minimum atomic E-state index is -0.531. The van der Waals surface area contributed by atoms with Crippen molar-refractivity contribution in [2.75, 3.05) is 37.1 Å². The van der Waals surface area contributed by atoms with Gasteiger partial charge in [-0.1, -0.05) is 0 Å². The van der Waals surface area contributed by atoms with Gasteiger partial charge in [-0.25, -0.2) is 0 Å². The van der Waals surface area contributed by atoms with Gasteiger partial charge < -0.3 is 20.4 Å². The smallest absolute Gasteiger partial charge is 0.273 e. The summed E-state index contributed by atoms with van der Waals surface area (Å²) in [5.41, 5.74) is 3.26. The fourth-order valence-corrected chi connectivity index (χ4v) is 2.25. The number of nitrogens with one attached hydrogen (secondary N) is 2. The maximum atomic E-state index is 11.9. The molecule has 1 fully saturated rings. The van der Waals surface area contributed by atoms with Gasteiger partial charge in [-0.2, -0.15) is 0 Å². The monoisotopic (exact) mass is 295 g/mol. The van der Waals surface area contributed by atoms with Gasteiger partial charge >= 0.3 is 0 Å². The highest BCUT2D eigenvalue weighted by Crippen LogP contribution is 2.28. The Bertz CT molecular complexity index is 550. The molecule has 1 saturated heterocycles. The third kappa shape index (κ3) is 3.20. The Morgan fingerprint density at radius 1 is 1.52 bits per heavy atom. The van der Waals surface area contributed by atoms with Gasteiger partial charge in [0.05, 0.1) is 23.8 Å². The first-order valence-electron chi connectivity index (χ1n) is 6.39. The van der Waals surface area contributed by atoms with Crippen LogP contribution in [-0.2, 0) is 9.53 Å². The molecule has 0 spiro atoms. The van der Waals surface area contributed by atoms with Crippen LogP contribution in [0.2, 0.25) is 0 Å². The fourth-order valence-electron chi connectivity index (χ4n) is 2.25. The lowest BCUT2D eigenvalue weighted by Gasteiger charge is -2.36. The highest BCUT2D eigenvalue weighted by molar-refractivity contribution is 5.86. The number of morpholine rings is 1. The average molecular weight is 295 g/mol. The van der Waals surface area contributed by atoms with E-state index in [0.29, 0.717) is 24.5 Å². The Hall–Kier alpha value is -2.39. The van der Waals surface area contributed by atoms with Gasteiger partial charge in [0.2, 0.25) is 5.91 Å². The number of nitro groups is 1. The molecule has 114 valence electrons. The number of nitrogen functional groups attached to an aromatic ring is 1. The Labute approximate surface area is 121 Å². The Morgan fingerprint density at radius 3 is 2.90 bits per heavy atom. The maximum absolute atomic E-state index is 11.9. The van der Waals surface area contributed by atoms with E-state index in [4.69, 9.17) is 10.6 Å². The van der Waals surface area contributed by atoms with E-state index in [1.54, 1.807) is 11.0 Å². The van der Waals surface area contributed by atoms with Gasteiger partial charge in [0, 0.05) is 31.4 Å². The number of non-ortho nitro benzene ring substituents is 1. The van der Waals surface area contributed by atoms with E-state index in [9.17, 15) is 14.9 Å². The molecule has 1 amide bonds. The summed E-state index contributed by atoms with van der Waals surface area (Å²) >= 11 is 0. The number of nitrogens with zero attached hydrogens (tertiary/aromatic N) is 2. The summed E-state index contributed by atoms with van der Waals surface area (Å²) in [6.07, 6.45) is 0. The van der Waals surface area contributed by atoms with Crippen LogP contribution in [0.25, 0.3) is 0 Å². The molecule has 0 saturated carbocycles. The number of hydrogen-bond acceptors (Lipinski definition) is 7. The largest absolute Gasteiger partial charge is 0.377 e. The van der Waals surface area contributed by atoms with Crippen LogP contribution in [0.4, 0.5) is 17.1 Å². The first kappa shape index (κ1) is 15.0. The molecule has 4 N–H and O–H groups in total. The molecule has 0 radical (unpaired) electrons. The van der Waals surface area contributed by atoms with Crippen LogP contribution in [0.5, 0.6) is 0 Å².